The molecular weight excluding hydrogens is 171 g/mol. The lowest BCUT2D eigenvalue weighted by Gasteiger charge is -1.93. The Morgan fingerprint density at radius 3 is 1.88 bits per heavy atom. The van der Waals surface area contributed by atoms with Crippen LogP contribution in [0.3, 0.4) is 0 Å². The van der Waals surface area contributed by atoms with E-state index in [1.165, 1.54) is 0 Å². The molecule has 0 rings (SSSR count). The molecule has 0 aromatic rings. The average molecular weight is 175 g/mol. The first-order valence-electron chi connectivity index (χ1n) is 1.65. The van der Waals surface area contributed by atoms with Crippen LogP contribution in [0, 0.1) is 0 Å². The number of hydrogen-bond acceptors (Lipinski definition) is 2. The first-order valence-corrected chi connectivity index (χ1v) is 4.13. The van der Waals surface area contributed by atoms with Crippen LogP contribution in [-0.2, 0) is 9.84 Å². The van der Waals surface area contributed by atoms with Crippen molar-refractivity contribution in [2.75, 3.05) is 0 Å². The van der Waals surface area contributed by atoms with Crippen molar-refractivity contribution in [3.05, 3.63) is 12.0 Å². The van der Waals surface area contributed by atoms with Crippen LogP contribution in [-0.4, -0.2) is 12.6 Å². The summed E-state index contributed by atoms with van der Waals surface area (Å²) in [5, 5.41) is 0.720. The Hall–Kier alpha value is 0.270. The maximum Gasteiger partial charge on any atom is 0.211 e. The van der Waals surface area contributed by atoms with E-state index in [1.807, 2.05) is 0 Å². The molecule has 0 aromatic carbocycles. The highest BCUT2D eigenvalue weighted by atomic mass is 35.5. The largest absolute Gasteiger partial charge is 0.221 e. The van der Waals surface area contributed by atoms with Gasteiger partial charge in [0.1, 0.15) is 0 Å². The summed E-state index contributed by atoms with van der Waals surface area (Å²) in [6.45, 7) is 3.00. The van der Waals surface area contributed by atoms with Gasteiger partial charge < -0.3 is 0 Å². The summed E-state index contributed by atoms with van der Waals surface area (Å²) >= 11 is 9.95. The quantitative estimate of drug-likeness (QED) is 0.593. The zero-order valence-corrected chi connectivity index (χ0v) is 6.17. The van der Waals surface area contributed by atoms with Crippen LogP contribution in [0.5, 0.6) is 0 Å². The van der Waals surface area contributed by atoms with Gasteiger partial charge in [0.25, 0.3) is 0 Å². The van der Waals surface area contributed by atoms with E-state index in [0.717, 1.165) is 5.41 Å². The van der Waals surface area contributed by atoms with Crippen molar-refractivity contribution >= 4 is 33.0 Å². The van der Waals surface area contributed by atoms with Crippen LogP contribution in [0.2, 0.25) is 0 Å². The maximum atomic E-state index is 10.3. The van der Waals surface area contributed by atoms with Gasteiger partial charge in [0.2, 0.25) is 14.0 Å². The molecule has 0 heterocycles. The molecule has 0 bridgehead atoms. The molecule has 0 atom stereocenters. The lowest BCUT2D eigenvalue weighted by molar-refractivity contribution is 0.607. The van der Waals surface area contributed by atoms with Crippen LogP contribution < -0.4 is 0 Å². The molecule has 0 amide bonds. The highest BCUT2D eigenvalue weighted by molar-refractivity contribution is 7.97. The summed E-state index contributed by atoms with van der Waals surface area (Å²) in [5.74, 6) is 0. The molecule has 0 aromatic heterocycles. The van der Waals surface area contributed by atoms with Gasteiger partial charge in [-0.2, -0.15) is 0 Å². The topological polar surface area (TPSA) is 34.1 Å². The molecule has 0 aliphatic carbocycles. The van der Waals surface area contributed by atoms with Crippen LogP contribution in [0.4, 0.5) is 0 Å². The Morgan fingerprint density at radius 2 is 1.88 bits per heavy atom. The van der Waals surface area contributed by atoms with Crippen LogP contribution in [0.15, 0.2) is 12.0 Å². The number of hydrogen-bond donors (Lipinski definition) is 0. The lowest BCUT2D eigenvalue weighted by Crippen LogP contribution is -2.03. The van der Waals surface area contributed by atoms with Crippen molar-refractivity contribution in [1.82, 2.24) is 0 Å². The Bertz CT molecular complexity index is 170. The van der Waals surface area contributed by atoms with E-state index in [0.29, 0.717) is 0 Å². The van der Waals surface area contributed by atoms with Crippen molar-refractivity contribution in [3.8, 4) is 0 Å². The summed E-state index contributed by atoms with van der Waals surface area (Å²) in [6, 6.07) is 0. The van der Waals surface area contributed by atoms with E-state index < -0.39 is 14.0 Å². The molecule has 0 fully saturated rings. The fraction of sp³-hybridized carbons (Fsp3) is 0.333. The monoisotopic (exact) mass is 174 g/mol. The van der Waals surface area contributed by atoms with E-state index in [9.17, 15) is 8.42 Å². The van der Waals surface area contributed by atoms with Crippen LogP contribution in [0.25, 0.3) is 0 Å². The van der Waals surface area contributed by atoms with Crippen LogP contribution in [0.1, 0.15) is 0 Å². The standard InChI is InChI=1S/C3H4Cl2O2S/c1-2-8(6,7)3(4)5/h2-3H,1H2. The minimum absolute atomic E-state index is 0.720. The summed E-state index contributed by atoms with van der Waals surface area (Å²) < 4.78 is 19.2. The Kier molecular flexibility index (Phi) is 2.80. The van der Waals surface area contributed by atoms with E-state index in [4.69, 9.17) is 23.2 Å². The van der Waals surface area contributed by atoms with Gasteiger partial charge in [0, 0.05) is 5.41 Å². The van der Waals surface area contributed by atoms with Gasteiger partial charge in [-0.05, 0) is 0 Å². The van der Waals surface area contributed by atoms with Crippen molar-refractivity contribution in [1.29, 1.82) is 0 Å². The second-order valence-electron chi connectivity index (χ2n) is 1.02. The predicted molar refractivity (Wildman–Crippen MR) is 34.6 cm³/mol. The zero-order valence-electron chi connectivity index (χ0n) is 3.84. The lowest BCUT2D eigenvalue weighted by atomic mass is 11.3. The fourth-order valence-corrected chi connectivity index (χ4v) is 0.655. The summed E-state index contributed by atoms with van der Waals surface area (Å²) in [7, 11) is -3.44. The smallest absolute Gasteiger partial charge is 0.211 e. The predicted octanol–water partition coefficient (Wildman–Crippen LogP) is 1.31. The molecule has 2 nitrogen and oxygen atoms in total. The molecule has 0 aliphatic heterocycles. The molecule has 48 valence electrons. The number of alkyl halides is 2. The molecule has 0 aliphatic rings. The first-order chi connectivity index (χ1) is 3.50. The zero-order chi connectivity index (χ0) is 6.78. The van der Waals surface area contributed by atoms with Gasteiger partial charge in [-0.15, -0.1) is 0 Å². The average Bonchev–Trinajstić information content (AvgIpc) is 1.67. The molecular formula is C3H4Cl2O2S. The van der Waals surface area contributed by atoms with Gasteiger partial charge in [-0.25, -0.2) is 8.42 Å². The SMILES string of the molecule is C=CS(=O)(=O)C(Cl)Cl. The highest BCUT2D eigenvalue weighted by Gasteiger charge is 2.14. The Morgan fingerprint density at radius 1 is 1.50 bits per heavy atom. The molecule has 8 heavy (non-hydrogen) atoms. The van der Waals surface area contributed by atoms with Gasteiger partial charge in [0.15, 0.2) is 0 Å². The molecule has 0 unspecified atom stereocenters. The molecule has 0 N–H and O–H groups in total. The van der Waals surface area contributed by atoms with Crippen molar-refractivity contribution in [3.63, 3.8) is 0 Å². The third kappa shape index (κ3) is 2.03. The Balaban J connectivity index is 4.40. The summed E-state index contributed by atoms with van der Waals surface area (Å²) in [4.78, 5) is 0. The van der Waals surface area contributed by atoms with E-state index >= 15 is 0 Å². The number of halogens is 2. The van der Waals surface area contributed by atoms with Crippen LogP contribution >= 0.6 is 23.2 Å². The third-order valence-electron chi connectivity index (χ3n) is 0.481. The van der Waals surface area contributed by atoms with Crippen molar-refractivity contribution in [2.45, 2.75) is 4.17 Å². The highest BCUT2D eigenvalue weighted by Crippen LogP contribution is 2.11. The van der Waals surface area contributed by atoms with Gasteiger partial charge in [-0.3, -0.25) is 0 Å². The third-order valence-corrected chi connectivity index (χ3v) is 2.93. The van der Waals surface area contributed by atoms with E-state index in [2.05, 4.69) is 6.58 Å². The minimum atomic E-state index is -3.44. The van der Waals surface area contributed by atoms with Gasteiger partial charge >= 0.3 is 0 Å². The first kappa shape index (κ1) is 8.27. The minimum Gasteiger partial charge on any atom is -0.221 e. The second-order valence-corrected chi connectivity index (χ2v) is 4.61. The van der Waals surface area contributed by atoms with Gasteiger partial charge in [0.05, 0.1) is 0 Å². The number of rotatable bonds is 2. The second kappa shape index (κ2) is 2.71. The molecule has 0 saturated heterocycles. The van der Waals surface area contributed by atoms with Crippen molar-refractivity contribution < 1.29 is 8.42 Å². The van der Waals surface area contributed by atoms with E-state index in [-0.39, 0.29) is 0 Å². The van der Waals surface area contributed by atoms with Crippen molar-refractivity contribution in [2.24, 2.45) is 0 Å². The van der Waals surface area contributed by atoms with E-state index in [1.54, 1.807) is 0 Å². The Labute approximate surface area is 58.0 Å². The summed E-state index contributed by atoms with van der Waals surface area (Å²) in [5.41, 5.74) is 0. The molecule has 0 radical (unpaired) electrons. The molecule has 0 spiro atoms. The molecule has 5 heteroatoms. The van der Waals surface area contributed by atoms with Gasteiger partial charge in [-0.1, -0.05) is 29.8 Å². The normalized spacial score (nSPS) is 11.9. The maximum absolute atomic E-state index is 10.3. The summed E-state index contributed by atoms with van der Waals surface area (Å²) in [6.07, 6.45) is 0. The molecule has 0 saturated carbocycles. The number of sulfone groups is 1. The fourth-order valence-electron chi connectivity index (χ4n) is 0.0727.